The van der Waals surface area contributed by atoms with Gasteiger partial charge in [0.2, 0.25) is 11.9 Å². The molecule has 32 heavy (non-hydrogen) atoms. The van der Waals surface area contributed by atoms with Crippen molar-refractivity contribution in [1.82, 2.24) is 19.5 Å². The summed E-state index contributed by atoms with van der Waals surface area (Å²) >= 11 is 6.66. The minimum absolute atomic E-state index is 0.0734. The van der Waals surface area contributed by atoms with Crippen molar-refractivity contribution in [2.45, 2.75) is 45.4 Å². The Morgan fingerprint density at radius 2 is 1.97 bits per heavy atom. The lowest BCUT2D eigenvalue weighted by Crippen LogP contribution is -2.36. The van der Waals surface area contributed by atoms with Crippen LogP contribution in [0.15, 0.2) is 24.5 Å². The first-order chi connectivity index (χ1) is 15.5. The number of imidazole rings is 1. The molecule has 2 aromatic heterocycles. The fourth-order valence-corrected chi connectivity index (χ4v) is 5.72. The van der Waals surface area contributed by atoms with E-state index >= 15 is 0 Å². The van der Waals surface area contributed by atoms with E-state index in [0.717, 1.165) is 29.6 Å². The topological polar surface area (TPSA) is 87.7 Å². The second kappa shape index (κ2) is 8.18. The monoisotopic (exact) mass is 448 g/mol. The Kier molecular flexibility index (Phi) is 5.34. The highest BCUT2D eigenvalue weighted by Gasteiger charge is 2.39. The van der Waals surface area contributed by atoms with Crippen LogP contribution in [0.25, 0.3) is 17.0 Å². The van der Waals surface area contributed by atoms with E-state index in [1.54, 1.807) is 35.0 Å². The molecular formula is C24H25ClN6O. The number of anilines is 1. The summed E-state index contributed by atoms with van der Waals surface area (Å²) in [5.74, 6) is 1.14. The molecule has 1 aliphatic carbocycles. The first-order valence-corrected chi connectivity index (χ1v) is 11.6. The van der Waals surface area contributed by atoms with Crippen molar-refractivity contribution in [1.29, 1.82) is 5.26 Å². The predicted molar refractivity (Wildman–Crippen MR) is 123 cm³/mol. The van der Waals surface area contributed by atoms with E-state index in [2.05, 4.69) is 16.0 Å². The molecule has 0 radical (unpaired) electrons. The van der Waals surface area contributed by atoms with Crippen LogP contribution in [0.5, 0.6) is 0 Å². The number of fused-ring (bicyclic) bond motifs is 2. The van der Waals surface area contributed by atoms with Crippen molar-refractivity contribution < 1.29 is 4.79 Å². The zero-order chi connectivity index (χ0) is 22.4. The standard InChI is InChI=1S/C24H25ClN6O/c1-14-17(16-6-4-3-5-7-16)11-19-21(30(2)23(14)32)22(25)29-24(28-19)31-13-27-18-9-8-15(12-26)10-20(18)31/h8-10,13-14,16-17H,3-7,11H2,1-2H3. The van der Waals surface area contributed by atoms with E-state index in [-0.39, 0.29) is 22.9 Å². The van der Waals surface area contributed by atoms with Gasteiger partial charge in [0, 0.05) is 13.0 Å². The molecule has 0 N–H and O–H groups in total. The second-order valence-electron chi connectivity index (χ2n) is 8.99. The third-order valence-corrected chi connectivity index (χ3v) is 7.44. The largest absolute Gasteiger partial charge is 0.311 e. The van der Waals surface area contributed by atoms with Gasteiger partial charge in [-0.15, -0.1) is 0 Å². The number of aromatic nitrogens is 4. The van der Waals surface area contributed by atoms with Crippen molar-refractivity contribution in [2.24, 2.45) is 17.8 Å². The fourth-order valence-electron chi connectivity index (χ4n) is 5.41. The molecule has 1 aliphatic heterocycles. The average molecular weight is 449 g/mol. The van der Waals surface area contributed by atoms with Crippen LogP contribution in [0.1, 0.15) is 50.3 Å². The van der Waals surface area contributed by atoms with Crippen molar-refractivity contribution in [3.05, 3.63) is 40.9 Å². The van der Waals surface area contributed by atoms with Gasteiger partial charge in [-0.25, -0.2) is 9.97 Å². The van der Waals surface area contributed by atoms with E-state index in [1.165, 1.54) is 19.3 Å². The van der Waals surface area contributed by atoms with Crippen LogP contribution in [0.3, 0.4) is 0 Å². The van der Waals surface area contributed by atoms with Gasteiger partial charge in [-0.3, -0.25) is 9.36 Å². The zero-order valence-electron chi connectivity index (χ0n) is 18.3. The number of nitriles is 1. The molecule has 164 valence electrons. The number of nitrogens with zero attached hydrogens (tertiary/aromatic N) is 6. The highest BCUT2D eigenvalue weighted by molar-refractivity contribution is 6.32. The van der Waals surface area contributed by atoms with Gasteiger partial charge in [-0.2, -0.15) is 10.2 Å². The summed E-state index contributed by atoms with van der Waals surface area (Å²) in [4.78, 5) is 28.7. The number of carbonyl (C=O) groups excluding carboxylic acids is 1. The van der Waals surface area contributed by atoms with Crippen LogP contribution in [-0.2, 0) is 11.2 Å². The first kappa shape index (κ1) is 20.9. The summed E-state index contributed by atoms with van der Waals surface area (Å²) in [7, 11) is 1.77. The lowest BCUT2D eigenvalue weighted by molar-refractivity contribution is -0.123. The molecule has 2 atom stereocenters. The van der Waals surface area contributed by atoms with Gasteiger partial charge in [0.05, 0.1) is 28.4 Å². The van der Waals surface area contributed by atoms with Crippen molar-refractivity contribution in [3.63, 3.8) is 0 Å². The zero-order valence-corrected chi connectivity index (χ0v) is 19.0. The van der Waals surface area contributed by atoms with Gasteiger partial charge in [0.25, 0.3) is 0 Å². The molecular weight excluding hydrogens is 424 g/mol. The molecule has 3 aromatic rings. The molecule has 1 amide bonds. The average Bonchev–Trinajstić information content (AvgIpc) is 3.21. The van der Waals surface area contributed by atoms with Crippen LogP contribution in [-0.4, -0.2) is 32.5 Å². The van der Waals surface area contributed by atoms with Crippen LogP contribution < -0.4 is 4.90 Å². The first-order valence-electron chi connectivity index (χ1n) is 11.2. The maximum atomic E-state index is 13.2. The molecule has 8 heteroatoms. The van der Waals surface area contributed by atoms with Gasteiger partial charge < -0.3 is 4.90 Å². The van der Waals surface area contributed by atoms with Gasteiger partial charge in [-0.1, -0.05) is 50.6 Å². The summed E-state index contributed by atoms with van der Waals surface area (Å²) in [6.45, 7) is 2.04. The molecule has 2 unspecified atom stereocenters. The number of carbonyl (C=O) groups is 1. The minimum Gasteiger partial charge on any atom is -0.311 e. The molecule has 1 aromatic carbocycles. The maximum absolute atomic E-state index is 13.2. The Hall–Kier alpha value is -2.98. The number of rotatable bonds is 2. The Labute approximate surface area is 192 Å². The number of benzene rings is 1. The number of hydrogen-bond donors (Lipinski definition) is 0. The highest BCUT2D eigenvalue weighted by Crippen LogP contribution is 2.42. The number of halogens is 1. The Bertz CT molecular complexity index is 1240. The third-order valence-electron chi connectivity index (χ3n) is 7.18. The molecule has 0 spiro atoms. The van der Waals surface area contributed by atoms with Crippen molar-refractivity contribution in [2.75, 3.05) is 11.9 Å². The predicted octanol–water partition coefficient (Wildman–Crippen LogP) is 4.69. The molecule has 0 saturated heterocycles. The van der Waals surface area contributed by atoms with E-state index in [9.17, 15) is 10.1 Å². The number of hydrogen-bond acceptors (Lipinski definition) is 5. The lowest BCUT2D eigenvalue weighted by Gasteiger charge is -2.32. The van der Waals surface area contributed by atoms with Gasteiger partial charge >= 0.3 is 0 Å². The van der Waals surface area contributed by atoms with Crippen LogP contribution >= 0.6 is 11.6 Å². The molecule has 1 saturated carbocycles. The van der Waals surface area contributed by atoms with Gasteiger partial charge in [0.1, 0.15) is 12.0 Å². The SMILES string of the molecule is CC1C(=O)N(C)c2c(Cl)nc(-n3cnc4ccc(C#N)cc43)nc2CC1C1CCCCC1. The molecule has 3 heterocycles. The van der Waals surface area contributed by atoms with E-state index in [1.807, 2.05) is 13.0 Å². The van der Waals surface area contributed by atoms with Crippen LogP contribution in [0, 0.1) is 29.1 Å². The Morgan fingerprint density at radius 3 is 2.72 bits per heavy atom. The normalized spacial score (nSPS) is 21.9. The highest BCUT2D eigenvalue weighted by atomic mass is 35.5. The van der Waals surface area contributed by atoms with Gasteiger partial charge in [0.15, 0.2) is 5.15 Å². The van der Waals surface area contributed by atoms with Crippen molar-refractivity contribution >= 4 is 34.2 Å². The Morgan fingerprint density at radius 1 is 1.19 bits per heavy atom. The summed E-state index contributed by atoms with van der Waals surface area (Å²) in [5.41, 5.74) is 3.44. The lowest BCUT2D eigenvalue weighted by atomic mass is 9.72. The van der Waals surface area contributed by atoms with Gasteiger partial charge in [-0.05, 0) is 36.5 Å². The summed E-state index contributed by atoms with van der Waals surface area (Å²) in [6, 6.07) is 7.48. The minimum atomic E-state index is -0.0934. The smallest absolute Gasteiger partial charge is 0.237 e. The fraction of sp³-hybridized carbons (Fsp3) is 0.458. The quantitative estimate of drug-likeness (QED) is 0.530. The maximum Gasteiger partial charge on any atom is 0.237 e. The summed E-state index contributed by atoms with van der Waals surface area (Å²) < 4.78 is 1.76. The third kappa shape index (κ3) is 3.43. The molecule has 2 aliphatic rings. The molecule has 1 fully saturated rings. The van der Waals surface area contributed by atoms with E-state index in [4.69, 9.17) is 16.6 Å². The Balaban J connectivity index is 1.63. The van der Waals surface area contributed by atoms with Crippen molar-refractivity contribution in [3.8, 4) is 12.0 Å². The van der Waals surface area contributed by atoms with Crippen LogP contribution in [0.2, 0.25) is 5.15 Å². The van der Waals surface area contributed by atoms with E-state index < -0.39 is 0 Å². The molecule has 0 bridgehead atoms. The van der Waals surface area contributed by atoms with Crippen LogP contribution in [0.4, 0.5) is 5.69 Å². The summed E-state index contributed by atoms with van der Waals surface area (Å²) in [6.07, 6.45) is 8.40. The molecule has 7 nitrogen and oxygen atoms in total. The van der Waals surface area contributed by atoms with E-state index in [0.29, 0.717) is 29.5 Å². The number of amides is 1. The summed E-state index contributed by atoms with van der Waals surface area (Å²) in [5, 5.41) is 9.55. The second-order valence-corrected chi connectivity index (χ2v) is 9.35. The molecule has 5 rings (SSSR count).